The molecule has 14 heavy (non-hydrogen) atoms. The van der Waals surface area contributed by atoms with Gasteiger partial charge in [0.25, 0.3) is 0 Å². The molecule has 0 radical (unpaired) electrons. The standard InChI is InChI=1S/C11H17N3/c1-4-9-13-6-8-5-12-7-11(2,3)10(8)14-9/h6,12H,4-5,7H2,1-3H3. The van der Waals surface area contributed by atoms with E-state index in [1.807, 2.05) is 6.20 Å². The maximum Gasteiger partial charge on any atom is 0.128 e. The lowest BCUT2D eigenvalue weighted by molar-refractivity contribution is 0.418. The van der Waals surface area contributed by atoms with E-state index in [1.54, 1.807) is 0 Å². The largest absolute Gasteiger partial charge is 0.312 e. The van der Waals surface area contributed by atoms with Crippen LogP contribution in [0.5, 0.6) is 0 Å². The first-order valence-electron chi connectivity index (χ1n) is 5.19. The van der Waals surface area contributed by atoms with Crippen molar-refractivity contribution in [2.45, 2.75) is 39.2 Å². The van der Waals surface area contributed by atoms with Gasteiger partial charge in [0.1, 0.15) is 5.82 Å². The Labute approximate surface area is 85.0 Å². The zero-order valence-electron chi connectivity index (χ0n) is 9.09. The third-order valence-electron chi connectivity index (χ3n) is 2.75. The fourth-order valence-corrected chi connectivity index (χ4v) is 1.92. The number of nitrogens with zero attached hydrogens (tertiary/aromatic N) is 2. The number of aryl methyl sites for hydroxylation is 1. The van der Waals surface area contributed by atoms with Gasteiger partial charge in [-0.25, -0.2) is 9.97 Å². The van der Waals surface area contributed by atoms with Gasteiger partial charge in [-0.05, 0) is 0 Å². The maximum absolute atomic E-state index is 4.63. The highest BCUT2D eigenvalue weighted by Crippen LogP contribution is 2.27. The highest BCUT2D eigenvalue weighted by Gasteiger charge is 2.29. The van der Waals surface area contributed by atoms with E-state index in [1.165, 1.54) is 11.3 Å². The van der Waals surface area contributed by atoms with Crippen molar-refractivity contribution in [2.75, 3.05) is 6.54 Å². The van der Waals surface area contributed by atoms with Gasteiger partial charge in [0, 0.05) is 36.7 Å². The summed E-state index contributed by atoms with van der Waals surface area (Å²) in [6.07, 6.45) is 2.88. The first-order valence-corrected chi connectivity index (χ1v) is 5.19. The number of fused-ring (bicyclic) bond motifs is 1. The van der Waals surface area contributed by atoms with Crippen LogP contribution in [-0.4, -0.2) is 16.5 Å². The molecule has 1 N–H and O–H groups in total. The number of aromatic nitrogens is 2. The van der Waals surface area contributed by atoms with E-state index in [0.717, 1.165) is 25.3 Å². The first-order chi connectivity index (χ1) is 6.63. The zero-order valence-corrected chi connectivity index (χ0v) is 9.09. The minimum absolute atomic E-state index is 0.139. The van der Waals surface area contributed by atoms with Crippen molar-refractivity contribution in [2.24, 2.45) is 0 Å². The molecule has 0 bridgehead atoms. The maximum atomic E-state index is 4.63. The Hall–Kier alpha value is -0.960. The second-order valence-corrected chi connectivity index (χ2v) is 4.50. The number of hydrogen-bond acceptors (Lipinski definition) is 3. The second kappa shape index (κ2) is 3.31. The monoisotopic (exact) mass is 191 g/mol. The third kappa shape index (κ3) is 1.52. The smallest absolute Gasteiger partial charge is 0.128 e. The zero-order chi connectivity index (χ0) is 10.2. The van der Waals surface area contributed by atoms with Gasteiger partial charge in [0.2, 0.25) is 0 Å². The number of hydrogen-bond donors (Lipinski definition) is 1. The van der Waals surface area contributed by atoms with Crippen LogP contribution in [-0.2, 0) is 18.4 Å². The summed E-state index contributed by atoms with van der Waals surface area (Å²) in [5.41, 5.74) is 2.61. The van der Waals surface area contributed by atoms with Gasteiger partial charge in [0.15, 0.2) is 0 Å². The van der Waals surface area contributed by atoms with Crippen molar-refractivity contribution >= 4 is 0 Å². The van der Waals surface area contributed by atoms with E-state index in [0.29, 0.717) is 0 Å². The van der Waals surface area contributed by atoms with E-state index in [9.17, 15) is 0 Å². The Bertz CT molecular complexity index is 344. The van der Waals surface area contributed by atoms with Crippen molar-refractivity contribution in [3.05, 3.63) is 23.3 Å². The molecule has 0 saturated carbocycles. The molecule has 0 spiro atoms. The molecule has 0 unspecified atom stereocenters. The molecule has 0 fully saturated rings. The molecule has 1 aliphatic heterocycles. The summed E-state index contributed by atoms with van der Waals surface area (Å²) in [5, 5.41) is 3.39. The Kier molecular flexibility index (Phi) is 2.27. The van der Waals surface area contributed by atoms with Crippen molar-refractivity contribution in [3.8, 4) is 0 Å². The van der Waals surface area contributed by atoms with E-state index < -0.39 is 0 Å². The van der Waals surface area contributed by atoms with E-state index >= 15 is 0 Å². The Morgan fingerprint density at radius 2 is 2.29 bits per heavy atom. The second-order valence-electron chi connectivity index (χ2n) is 4.50. The SMILES string of the molecule is CCc1ncc2c(n1)C(C)(C)CNC2. The van der Waals surface area contributed by atoms with Gasteiger partial charge in [-0.15, -0.1) is 0 Å². The molecule has 0 atom stereocenters. The fraction of sp³-hybridized carbons (Fsp3) is 0.636. The molecule has 1 aromatic rings. The van der Waals surface area contributed by atoms with Crippen LogP contribution in [0.1, 0.15) is 37.9 Å². The van der Waals surface area contributed by atoms with Crippen LogP contribution in [0.2, 0.25) is 0 Å². The highest BCUT2D eigenvalue weighted by atomic mass is 15.0. The van der Waals surface area contributed by atoms with Gasteiger partial charge in [-0.1, -0.05) is 20.8 Å². The molecule has 3 heteroatoms. The fourth-order valence-electron chi connectivity index (χ4n) is 1.92. The van der Waals surface area contributed by atoms with Gasteiger partial charge < -0.3 is 5.32 Å². The van der Waals surface area contributed by atoms with Crippen LogP contribution >= 0.6 is 0 Å². The molecule has 3 nitrogen and oxygen atoms in total. The summed E-state index contributed by atoms with van der Waals surface area (Å²) in [6.45, 7) is 8.45. The molecule has 0 saturated heterocycles. The van der Waals surface area contributed by atoms with Crippen LogP contribution in [0.25, 0.3) is 0 Å². The van der Waals surface area contributed by atoms with Crippen LogP contribution in [0.4, 0.5) is 0 Å². The molecule has 1 aliphatic rings. The quantitative estimate of drug-likeness (QED) is 0.729. The van der Waals surface area contributed by atoms with Gasteiger partial charge >= 0.3 is 0 Å². The lowest BCUT2D eigenvalue weighted by Crippen LogP contribution is -2.40. The molecule has 76 valence electrons. The average Bonchev–Trinajstić information content (AvgIpc) is 2.17. The van der Waals surface area contributed by atoms with Crippen LogP contribution < -0.4 is 5.32 Å². The average molecular weight is 191 g/mol. The summed E-state index contributed by atoms with van der Waals surface area (Å²) in [4.78, 5) is 8.96. The van der Waals surface area contributed by atoms with E-state index in [4.69, 9.17) is 0 Å². The minimum Gasteiger partial charge on any atom is -0.312 e. The van der Waals surface area contributed by atoms with Crippen molar-refractivity contribution < 1.29 is 0 Å². The number of nitrogens with one attached hydrogen (secondary N) is 1. The van der Waals surface area contributed by atoms with Crippen LogP contribution in [0.3, 0.4) is 0 Å². The highest BCUT2D eigenvalue weighted by molar-refractivity contribution is 5.28. The molecule has 0 amide bonds. The molecule has 1 aromatic heterocycles. The molecule has 0 aromatic carbocycles. The van der Waals surface area contributed by atoms with Crippen molar-refractivity contribution in [3.63, 3.8) is 0 Å². The summed E-state index contributed by atoms with van der Waals surface area (Å²) in [7, 11) is 0. The Morgan fingerprint density at radius 3 is 3.00 bits per heavy atom. The summed E-state index contributed by atoms with van der Waals surface area (Å²) < 4.78 is 0. The predicted octanol–water partition coefficient (Wildman–Crippen LogP) is 1.42. The topological polar surface area (TPSA) is 37.8 Å². The Morgan fingerprint density at radius 1 is 1.50 bits per heavy atom. The van der Waals surface area contributed by atoms with Gasteiger partial charge in [0.05, 0.1) is 5.69 Å². The first kappa shape index (κ1) is 9.59. The summed E-state index contributed by atoms with van der Waals surface area (Å²) in [6, 6.07) is 0. The van der Waals surface area contributed by atoms with Gasteiger partial charge in [-0.3, -0.25) is 0 Å². The Balaban J connectivity index is 2.49. The lowest BCUT2D eigenvalue weighted by atomic mass is 9.84. The van der Waals surface area contributed by atoms with E-state index in [-0.39, 0.29) is 5.41 Å². The normalized spacial score (nSPS) is 19.1. The molecular weight excluding hydrogens is 174 g/mol. The predicted molar refractivity (Wildman–Crippen MR) is 56.1 cm³/mol. The minimum atomic E-state index is 0.139. The molecule has 2 heterocycles. The van der Waals surface area contributed by atoms with E-state index in [2.05, 4.69) is 36.1 Å². The molecule has 0 aliphatic carbocycles. The third-order valence-corrected chi connectivity index (χ3v) is 2.75. The number of rotatable bonds is 1. The molecular formula is C11H17N3. The van der Waals surface area contributed by atoms with Gasteiger partial charge in [-0.2, -0.15) is 0 Å². The summed E-state index contributed by atoms with van der Waals surface area (Å²) >= 11 is 0. The molecule has 2 rings (SSSR count). The lowest BCUT2D eigenvalue weighted by Gasteiger charge is -2.31. The van der Waals surface area contributed by atoms with Crippen LogP contribution in [0, 0.1) is 0 Å². The summed E-state index contributed by atoms with van der Waals surface area (Å²) in [5.74, 6) is 0.957. The van der Waals surface area contributed by atoms with Crippen LogP contribution in [0.15, 0.2) is 6.20 Å². The van der Waals surface area contributed by atoms with Crippen molar-refractivity contribution in [1.29, 1.82) is 0 Å². The van der Waals surface area contributed by atoms with Crippen molar-refractivity contribution in [1.82, 2.24) is 15.3 Å².